The minimum Gasteiger partial charge on any atom is -0.497 e. The molecule has 0 aromatic heterocycles. The second-order valence-corrected chi connectivity index (χ2v) is 1.98. The van der Waals surface area contributed by atoms with Crippen molar-refractivity contribution in [2.45, 2.75) is 6.92 Å². The summed E-state index contributed by atoms with van der Waals surface area (Å²) in [6.45, 7) is 9.29. The van der Waals surface area contributed by atoms with E-state index < -0.39 is 0 Å². The van der Waals surface area contributed by atoms with Crippen molar-refractivity contribution in [2.24, 2.45) is 0 Å². The Balaban J connectivity index is 4.38. The summed E-state index contributed by atoms with van der Waals surface area (Å²) in [6.07, 6.45) is 7.47. The smallest absolute Gasteiger partial charge is 0.118 e. The molecule has 0 aliphatic rings. The Morgan fingerprint density at radius 1 is 1.45 bits per heavy atom. The van der Waals surface area contributed by atoms with Crippen molar-refractivity contribution in [3.63, 3.8) is 0 Å². The van der Waals surface area contributed by atoms with Crippen LogP contribution < -0.4 is 0 Å². The van der Waals surface area contributed by atoms with Crippen molar-refractivity contribution in [2.75, 3.05) is 7.11 Å². The zero-order chi connectivity index (χ0) is 8.69. The predicted molar refractivity (Wildman–Crippen MR) is 49.2 cm³/mol. The molecule has 1 heteroatoms. The molecule has 0 saturated carbocycles. The average Bonchev–Trinajstić information content (AvgIpc) is 2.05. The maximum absolute atomic E-state index is 4.93. The van der Waals surface area contributed by atoms with Crippen LogP contribution in [0.1, 0.15) is 6.92 Å². The Morgan fingerprint density at radius 2 is 2.09 bits per heavy atom. The van der Waals surface area contributed by atoms with Gasteiger partial charge in [-0.25, -0.2) is 0 Å². The number of hydrogen-bond acceptors (Lipinski definition) is 1. The van der Waals surface area contributed by atoms with E-state index in [1.54, 1.807) is 13.2 Å². The molecule has 1 nitrogen and oxygen atoms in total. The van der Waals surface area contributed by atoms with Gasteiger partial charge in [0.25, 0.3) is 0 Å². The lowest BCUT2D eigenvalue weighted by Crippen LogP contribution is -1.85. The summed E-state index contributed by atoms with van der Waals surface area (Å²) in [5, 5.41) is 0. The van der Waals surface area contributed by atoms with Crippen LogP contribution in [0.25, 0.3) is 0 Å². The first kappa shape index (κ1) is 9.76. The molecule has 0 heterocycles. The van der Waals surface area contributed by atoms with E-state index in [0.29, 0.717) is 5.76 Å². The fourth-order valence-electron chi connectivity index (χ4n) is 0.593. The van der Waals surface area contributed by atoms with E-state index in [1.807, 2.05) is 25.2 Å². The molecule has 0 bridgehead atoms. The first-order chi connectivity index (χ1) is 5.26. The van der Waals surface area contributed by atoms with Gasteiger partial charge in [-0.15, -0.1) is 0 Å². The predicted octanol–water partition coefficient (Wildman–Crippen LogP) is 2.84. The van der Waals surface area contributed by atoms with Crippen molar-refractivity contribution in [1.29, 1.82) is 0 Å². The second kappa shape index (κ2) is 5.54. The Morgan fingerprint density at radius 3 is 2.45 bits per heavy atom. The fraction of sp³-hybridized carbons (Fsp3) is 0.200. The van der Waals surface area contributed by atoms with Crippen LogP contribution in [0.15, 0.2) is 48.8 Å². The van der Waals surface area contributed by atoms with Crippen molar-refractivity contribution in [3.05, 3.63) is 48.8 Å². The van der Waals surface area contributed by atoms with Crippen LogP contribution in [0.4, 0.5) is 0 Å². The molecule has 0 spiro atoms. The summed E-state index contributed by atoms with van der Waals surface area (Å²) < 4.78 is 4.93. The van der Waals surface area contributed by atoms with Crippen LogP contribution in [-0.2, 0) is 4.74 Å². The number of hydrogen-bond donors (Lipinski definition) is 0. The monoisotopic (exact) mass is 150 g/mol. The Hall–Kier alpha value is -1.24. The van der Waals surface area contributed by atoms with Gasteiger partial charge < -0.3 is 4.74 Å². The highest BCUT2D eigenvalue weighted by atomic mass is 16.5. The molecule has 0 atom stereocenters. The summed E-state index contributed by atoms with van der Waals surface area (Å²) >= 11 is 0. The van der Waals surface area contributed by atoms with Gasteiger partial charge >= 0.3 is 0 Å². The van der Waals surface area contributed by atoms with Gasteiger partial charge in [0, 0.05) is 5.57 Å². The van der Waals surface area contributed by atoms with Crippen molar-refractivity contribution < 1.29 is 4.74 Å². The van der Waals surface area contributed by atoms with E-state index >= 15 is 0 Å². The third-order valence-electron chi connectivity index (χ3n) is 1.26. The molecule has 0 amide bonds. The van der Waals surface area contributed by atoms with Gasteiger partial charge in [-0.1, -0.05) is 37.5 Å². The summed E-state index contributed by atoms with van der Waals surface area (Å²) in [5.74, 6) is 0.637. The molecule has 0 rings (SSSR count). The quantitative estimate of drug-likeness (QED) is 0.442. The van der Waals surface area contributed by atoms with Gasteiger partial charge in [0.15, 0.2) is 0 Å². The minimum atomic E-state index is 0.637. The van der Waals surface area contributed by atoms with Gasteiger partial charge in [-0.3, -0.25) is 0 Å². The van der Waals surface area contributed by atoms with Crippen molar-refractivity contribution in [1.82, 2.24) is 0 Å². The van der Waals surface area contributed by atoms with Crippen molar-refractivity contribution in [3.8, 4) is 0 Å². The first-order valence-electron chi connectivity index (χ1n) is 3.45. The van der Waals surface area contributed by atoms with Crippen LogP contribution in [0.3, 0.4) is 0 Å². The summed E-state index contributed by atoms with van der Waals surface area (Å²) in [6, 6.07) is 0. The number of methoxy groups -OCH3 is 1. The topological polar surface area (TPSA) is 9.23 Å². The summed E-state index contributed by atoms with van der Waals surface area (Å²) in [4.78, 5) is 0. The van der Waals surface area contributed by atoms with Gasteiger partial charge in [0.05, 0.1) is 7.11 Å². The van der Waals surface area contributed by atoms with E-state index in [1.165, 1.54) is 0 Å². The lowest BCUT2D eigenvalue weighted by Gasteiger charge is -2.02. The maximum Gasteiger partial charge on any atom is 0.118 e. The summed E-state index contributed by atoms with van der Waals surface area (Å²) in [5.41, 5.74) is 0.908. The fourth-order valence-corrected chi connectivity index (χ4v) is 0.593. The molecule has 0 radical (unpaired) electrons. The largest absolute Gasteiger partial charge is 0.497 e. The molecule has 60 valence electrons. The third-order valence-corrected chi connectivity index (χ3v) is 1.26. The molecule has 0 aromatic rings. The van der Waals surface area contributed by atoms with Crippen LogP contribution in [0, 0.1) is 0 Å². The lowest BCUT2D eigenvalue weighted by atomic mass is 10.2. The van der Waals surface area contributed by atoms with Gasteiger partial charge in [-0.2, -0.15) is 0 Å². The molecular weight excluding hydrogens is 136 g/mol. The van der Waals surface area contributed by atoms with E-state index in [-0.39, 0.29) is 0 Å². The Kier molecular flexibility index (Phi) is 4.91. The number of ether oxygens (including phenoxy) is 1. The molecule has 0 aromatic carbocycles. The molecule has 0 N–H and O–H groups in total. The van der Waals surface area contributed by atoms with Crippen LogP contribution in [0.5, 0.6) is 0 Å². The van der Waals surface area contributed by atoms with Crippen LogP contribution in [0.2, 0.25) is 0 Å². The van der Waals surface area contributed by atoms with E-state index in [2.05, 4.69) is 13.2 Å². The normalized spacial score (nSPS) is 11.6. The molecule has 0 aliphatic carbocycles. The highest BCUT2D eigenvalue weighted by Crippen LogP contribution is 2.08. The zero-order valence-electron chi connectivity index (χ0n) is 7.13. The average molecular weight is 150 g/mol. The van der Waals surface area contributed by atoms with Crippen LogP contribution in [-0.4, -0.2) is 7.11 Å². The minimum absolute atomic E-state index is 0.637. The highest BCUT2D eigenvalue weighted by molar-refractivity contribution is 5.35. The molecule has 11 heavy (non-hydrogen) atoms. The Labute approximate surface area is 68.4 Å². The number of allylic oxidation sites excluding steroid dienone is 4. The van der Waals surface area contributed by atoms with Gasteiger partial charge in [-0.05, 0) is 6.92 Å². The molecule has 0 fully saturated rings. The standard InChI is InChI=1S/C10H14O/c1-5-7-8-10(6-2)9(3)11-4/h5-8H,2-3H2,1,4H3. The SMILES string of the molecule is C=CC(=CC=CC)C(=C)OC. The van der Waals surface area contributed by atoms with Gasteiger partial charge in [0.2, 0.25) is 0 Å². The van der Waals surface area contributed by atoms with E-state index in [4.69, 9.17) is 4.74 Å². The third kappa shape index (κ3) is 3.46. The van der Waals surface area contributed by atoms with Crippen molar-refractivity contribution >= 4 is 0 Å². The van der Waals surface area contributed by atoms with Gasteiger partial charge in [0.1, 0.15) is 5.76 Å². The Bertz CT molecular complexity index is 197. The highest BCUT2D eigenvalue weighted by Gasteiger charge is 1.93. The zero-order valence-corrected chi connectivity index (χ0v) is 7.13. The molecular formula is C10H14O. The maximum atomic E-state index is 4.93. The first-order valence-corrected chi connectivity index (χ1v) is 3.45. The van der Waals surface area contributed by atoms with Crippen LogP contribution >= 0.6 is 0 Å². The molecule has 0 saturated heterocycles. The molecule has 0 unspecified atom stereocenters. The second-order valence-electron chi connectivity index (χ2n) is 1.98. The summed E-state index contributed by atoms with van der Waals surface area (Å²) in [7, 11) is 1.59. The molecule has 0 aliphatic heterocycles. The lowest BCUT2D eigenvalue weighted by molar-refractivity contribution is 0.304. The van der Waals surface area contributed by atoms with E-state index in [9.17, 15) is 0 Å². The number of rotatable bonds is 4. The van der Waals surface area contributed by atoms with E-state index in [0.717, 1.165) is 5.57 Å².